The van der Waals surface area contributed by atoms with Gasteiger partial charge < -0.3 is 43.0 Å². The number of carbonyl (C=O) groups is 3. The van der Waals surface area contributed by atoms with Crippen molar-refractivity contribution in [3.63, 3.8) is 0 Å². The van der Waals surface area contributed by atoms with Crippen LogP contribution < -0.4 is 33.2 Å². The molecule has 12 nitrogen and oxygen atoms in total. The number of amides is 2. The van der Waals surface area contributed by atoms with Crippen LogP contribution in [0.3, 0.4) is 0 Å². The van der Waals surface area contributed by atoms with E-state index >= 15 is 0 Å². The van der Waals surface area contributed by atoms with Gasteiger partial charge in [0, 0.05) is 19.6 Å². The lowest BCUT2D eigenvalue weighted by molar-refractivity contribution is -0.192. The van der Waals surface area contributed by atoms with Crippen molar-refractivity contribution in [1.82, 2.24) is 16.0 Å². The summed E-state index contributed by atoms with van der Waals surface area (Å²) in [5.41, 5.74) is 15.9. The second kappa shape index (κ2) is 22.0. The van der Waals surface area contributed by atoms with Crippen LogP contribution in [-0.4, -0.2) is 81.1 Å². The Balaban J connectivity index is 0. The van der Waals surface area contributed by atoms with E-state index in [1.807, 2.05) is 0 Å². The number of nitrogens with zero attached hydrogens (tertiary/aromatic N) is 1. The third-order valence-electron chi connectivity index (χ3n) is 3.89. The molecule has 34 heavy (non-hydrogen) atoms. The van der Waals surface area contributed by atoms with E-state index < -0.39 is 18.2 Å². The summed E-state index contributed by atoms with van der Waals surface area (Å²) < 4.78 is 36.6. The molecule has 200 valence electrons. The zero-order valence-electron chi connectivity index (χ0n) is 19.3. The van der Waals surface area contributed by atoms with Crippen molar-refractivity contribution in [2.75, 3.05) is 45.9 Å². The Morgan fingerprint density at radius 3 is 1.97 bits per heavy atom. The van der Waals surface area contributed by atoms with E-state index in [1.165, 1.54) is 0 Å². The van der Waals surface area contributed by atoms with Gasteiger partial charge in [0.2, 0.25) is 0 Å². The number of aliphatic carboxylic acids is 1. The highest BCUT2D eigenvalue weighted by molar-refractivity contribution is 5.80. The second-order valence-corrected chi connectivity index (χ2v) is 6.98. The maximum atomic E-state index is 11.6. The number of carbonyl (C=O) groups excluding carboxylic acids is 2. The first-order valence-corrected chi connectivity index (χ1v) is 10.9. The van der Waals surface area contributed by atoms with E-state index in [1.54, 1.807) is 0 Å². The molecule has 0 spiro atoms. The highest BCUT2D eigenvalue weighted by Crippen LogP contribution is 2.13. The van der Waals surface area contributed by atoms with E-state index in [4.69, 9.17) is 31.8 Å². The lowest BCUT2D eigenvalue weighted by Crippen LogP contribution is -2.33. The van der Waals surface area contributed by atoms with Crippen LogP contribution in [0.4, 0.5) is 18.0 Å². The van der Waals surface area contributed by atoms with Gasteiger partial charge in [-0.3, -0.25) is 9.79 Å². The molecule has 0 atom stereocenters. The normalized spacial score (nSPS) is 10.5. The van der Waals surface area contributed by atoms with Gasteiger partial charge in [-0.05, 0) is 51.7 Å². The van der Waals surface area contributed by atoms with Crippen LogP contribution in [0.1, 0.15) is 44.9 Å². The van der Waals surface area contributed by atoms with E-state index in [0.29, 0.717) is 26.2 Å². The standard InChI is InChI=1S/C17H37N7O3.C2HF3O2/c18-8-7-10-21-9-5-6-13-24-17(26)27-14-15(25)22-11-3-1-2-4-12-23-16(19)20;3-2(4,5)1(6)7/h21H,1-14,18H2,(H,22,25)(H,24,26)(H4,19,20,23);(H,6,7). The van der Waals surface area contributed by atoms with Crippen LogP contribution in [0.25, 0.3) is 0 Å². The molecule has 0 aromatic carbocycles. The molecule has 0 fully saturated rings. The Kier molecular flexibility index (Phi) is 21.6. The summed E-state index contributed by atoms with van der Waals surface area (Å²) >= 11 is 0. The van der Waals surface area contributed by atoms with Gasteiger partial charge in [0.15, 0.2) is 12.6 Å². The fraction of sp³-hybridized carbons (Fsp3) is 0.789. The monoisotopic (exact) mass is 501 g/mol. The highest BCUT2D eigenvalue weighted by atomic mass is 19.4. The summed E-state index contributed by atoms with van der Waals surface area (Å²) in [7, 11) is 0. The third kappa shape index (κ3) is 27.2. The summed E-state index contributed by atoms with van der Waals surface area (Å²) in [6.07, 6.45) is 0.860. The number of ether oxygens (including phenoxy) is 1. The fourth-order valence-corrected chi connectivity index (χ4v) is 2.18. The molecule has 0 aliphatic carbocycles. The number of unbranched alkanes of at least 4 members (excludes halogenated alkanes) is 4. The van der Waals surface area contributed by atoms with E-state index in [9.17, 15) is 22.8 Å². The molecule has 0 saturated heterocycles. The minimum absolute atomic E-state index is 0.113. The summed E-state index contributed by atoms with van der Waals surface area (Å²) in [4.78, 5) is 35.8. The van der Waals surface area contributed by atoms with Crippen LogP contribution in [0.2, 0.25) is 0 Å². The van der Waals surface area contributed by atoms with Crippen molar-refractivity contribution >= 4 is 23.9 Å². The first-order chi connectivity index (χ1) is 16.0. The van der Waals surface area contributed by atoms with Gasteiger partial charge in [0.05, 0.1) is 0 Å². The van der Waals surface area contributed by atoms with Gasteiger partial charge >= 0.3 is 18.2 Å². The van der Waals surface area contributed by atoms with Crippen molar-refractivity contribution in [1.29, 1.82) is 0 Å². The number of alkyl carbamates (subject to hydrolysis) is 1. The molecule has 0 rings (SSSR count). The van der Waals surface area contributed by atoms with Crippen molar-refractivity contribution in [2.24, 2.45) is 22.2 Å². The van der Waals surface area contributed by atoms with Gasteiger partial charge in [0.1, 0.15) is 0 Å². The van der Waals surface area contributed by atoms with E-state index in [2.05, 4.69) is 20.9 Å². The molecule has 0 aromatic rings. The van der Waals surface area contributed by atoms with E-state index in [-0.39, 0.29) is 18.5 Å². The summed E-state index contributed by atoms with van der Waals surface area (Å²) in [5, 5.41) is 15.7. The average Bonchev–Trinajstić information content (AvgIpc) is 2.75. The maximum Gasteiger partial charge on any atom is 0.490 e. The largest absolute Gasteiger partial charge is 0.490 e. The molecule has 10 N–H and O–H groups in total. The van der Waals surface area contributed by atoms with Gasteiger partial charge in [-0.1, -0.05) is 12.8 Å². The number of carboxylic acid groups (broad SMARTS) is 1. The number of nitrogens with one attached hydrogen (secondary N) is 3. The van der Waals surface area contributed by atoms with Crippen molar-refractivity contribution in [3.8, 4) is 0 Å². The second-order valence-electron chi connectivity index (χ2n) is 6.98. The SMILES string of the molecule is NCCCNCCCCNC(=O)OCC(=O)NCCCCCCN=C(N)N.O=C(O)C(F)(F)F. The van der Waals surface area contributed by atoms with Crippen molar-refractivity contribution in [3.05, 3.63) is 0 Å². The number of nitrogens with two attached hydrogens (primary N) is 3. The quantitative estimate of drug-likeness (QED) is 0.0812. The molecule has 0 unspecified atom stereocenters. The molecule has 0 heterocycles. The molecule has 0 saturated carbocycles. The van der Waals surface area contributed by atoms with Crippen LogP contribution in [0, 0.1) is 0 Å². The van der Waals surface area contributed by atoms with Gasteiger partial charge in [-0.15, -0.1) is 0 Å². The Morgan fingerprint density at radius 1 is 0.853 bits per heavy atom. The van der Waals surface area contributed by atoms with Crippen LogP contribution in [0.15, 0.2) is 4.99 Å². The molecule has 0 aromatic heterocycles. The van der Waals surface area contributed by atoms with Gasteiger partial charge in [-0.2, -0.15) is 13.2 Å². The molecule has 2 amide bonds. The van der Waals surface area contributed by atoms with Crippen LogP contribution in [0.5, 0.6) is 0 Å². The molecule has 0 bridgehead atoms. The minimum Gasteiger partial charge on any atom is -0.475 e. The summed E-state index contributed by atoms with van der Waals surface area (Å²) in [5.74, 6) is -2.94. The van der Waals surface area contributed by atoms with Crippen LogP contribution >= 0.6 is 0 Å². The summed E-state index contributed by atoms with van der Waals surface area (Å²) in [6, 6.07) is 0. The molecular formula is C19H38F3N7O5. The number of hydrogen-bond acceptors (Lipinski definition) is 7. The number of aliphatic imine (C=N–C) groups is 1. The lowest BCUT2D eigenvalue weighted by Gasteiger charge is -2.08. The zero-order chi connectivity index (χ0) is 26.2. The van der Waals surface area contributed by atoms with Crippen LogP contribution in [-0.2, 0) is 14.3 Å². The molecule has 0 radical (unpaired) electrons. The molecular weight excluding hydrogens is 463 g/mol. The number of carboxylic acids is 1. The average molecular weight is 502 g/mol. The van der Waals surface area contributed by atoms with Crippen molar-refractivity contribution in [2.45, 2.75) is 51.1 Å². The topological polar surface area (TPSA) is 207 Å². The van der Waals surface area contributed by atoms with Crippen molar-refractivity contribution < 1.29 is 37.4 Å². The van der Waals surface area contributed by atoms with Gasteiger partial charge in [-0.25, -0.2) is 9.59 Å². The Morgan fingerprint density at radius 2 is 1.38 bits per heavy atom. The number of guanidine groups is 1. The Labute approximate surface area is 197 Å². The molecule has 0 aliphatic heterocycles. The lowest BCUT2D eigenvalue weighted by atomic mass is 10.2. The Bertz CT molecular complexity index is 589. The smallest absolute Gasteiger partial charge is 0.475 e. The predicted octanol–water partition coefficient (Wildman–Crippen LogP) is 0.0145. The third-order valence-corrected chi connectivity index (χ3v) is 3.89. The fourth-order valence-electron chi connectivity index (χ4n) is 2.18. The van der Waals surface area contributed by atoms with E-state index in [0.717, 1.165) is 58.0 Å². The molecule has 0 aliphatic rings. The number of rotatable bonds is 17. The number of alkyl halides is 3. The number of halogens is 3. The Hall–Kier alpha value is -2.81. The molecule has 15 heteroatoms. The summed E-state index contributed by atoms with van der Waals surface area (Å²) in [6.45, 7) is 3.95. The first-order valence-electron chi connectivity index (χ1n) is 10.9. The van der Waals surface area contributed by atoms with Gasteiger partial charge in [0.25, 0.3) is 5.91 Å². The number of hydrogen-bond donors (Lipinski definition) is 7. The highest BCUT2D eigenvalue weighted by Gasteiger charge is 2.38. The predicted molar refractivity (Wildman–Crippen MR) is 121 cm³/mol. The zero-order valence-corrected chi connectivity index (χ0v) is 19.3. The minimum atomic E-state index is -5.08. The maximum absolute atomic E-state index is 11.6. The first kappa shape index (κ1) is 33.4.